The van der Waals surface area contributed by atoms with E-state index in [2.05, 4.69) is 20.8 Å². The second kappa shape index (κ2) is 14.2. The minimum absolute atomic E-state index is 0.000473. The third-order valence-corrected chi connectivity index (χ3v) is 5.79. The number of carboxylic acid groups (broad SMARTS) is 1. The van der Waals surface area contributed by atoms with Crippen molar-refractivity contribution in [3.8, 4) is 17.2 Å². The molecule has 0 radical (unpaired) electrons. The number of aryl methyl sites for hydroxylation is 1. The number of aromatic nitrogens is 2. The number of ether oxygens (including phenoxy) is 1. The summed E-state index contributed by atoms with van der Waals surface area (Å²) in [7, 11) is 3.23. The van der Waals surface area contributed by atoms with Crippen molar-refractivity contribution in [2.75, 3.05) is 27.2 Å². The molecule has 0 bridgehead atoms. The number of aliphatic carboxylic acids is 1. The molecule has 0 saturated carbocycles. The second-order valence-electron chi connectivity index (χ2n) is 9.50. The molecule has 3 N–H and O–H groups in total. The van der Waals surface area contributed by atoms with Gasteiger partial charge in [-0.25, -0.2) is 0 Å². The first kappa shape index (κ1) is 30.4. The van der Waals surface area contributed by atoms with Crippen molar-refractivity contribution >= 4 is 23.6 Å². The molecule has 12 heteroatoms. The average molecular weight is 532 g/mol. The van der Waals surface area contributed by atoms with E-state index >= 15 is 0 Å². The molecule has 1 aromatic carbocycles. The maximum Gasteiger partial charge on any atom is 0.305 e. The van der Waals surface area contributed by atoms with Gasteiger partial charge in [-0.05, 0) is 51.1 Å². The minimum atomic E-state index is -1.22. The molecule has 1 heterocycles. The predicted molar refractivity (Wildman–Crippen MR) is 138 cm³/mol. The SMILES string of the molecule is CCCN(C)CC(=O)[C@H](CC(=O)O)NC(=O)[C@@H](NC(=O)Cc1cc(-c2nc(C)no2)ccc1OC)C(C)C. The molecule has 2 amide bonds. The molecule has 0 aliphatic carbocycles. The minimum Gasteiger partial charge on any atom is -0.496 e. The van der Waals surface area contributed by atoms with Crippen LogP contribution in [-0.2, 0) is 25.6 Å². The van der Waals surface area contributed by atoms with E-state index in [-0.39, 0.29) is 18.9 Å². The summed E-state index contributed by atoms with van der Waals surface area (Å²) in [6, 6.07) is 2.90. The van der Waals surface area contributed by atoms with Gasteiger partial charge in [-0.15, -0.1) is 0 Å². The maximum absolute atomic E-state index is 13.1. The fourth-order valence-electron chi connectivity index (χ4n) is 3.91. The average Bonchev–Trinajstić information content (AvgIpc) is 3.27. The van der Waals surface area contributed by atoms with E-state index in [0.29, 0.717) is 35.1 Å². The van der Waals surface area contributed by atoms with Gasteiger partial charge in [0.1, 0.15) is 11.8 Å². The van der Waals surface area contributed by atoms with Crippen LogP contribution < -0.4 is 15.4 Å². The van der Waals surface area contributed by atoms with Gasteiger partial charge in [0, 0.05) is 11.1 Å². The molecule has 0 fully saturated rings. The van der Waals surface area contributed by atoms with Crippen LogP contribution in [0, 0.1) is 12.8 Å². The highest BCUT2D eigenvalue weighted by Crippen LogP contribution is 2.26. The summed E-state index contributed by atoms with van der Waals surface area (Å²) in [6.45, 7) is 7.80. The molecule has 208 valence electrons. The van der Waals surface area contributed by atoms with Crippen LogP contribution in [-0.4, -0.2) is 83.0 Å². The number of methoxy groups -OCH3 is 1. The molecule has 0 spiro atoms. The van der Waals surface area contributed by atoms with Gasteiger partial charge in [-0.1, -0.05) is 25.9 Å². The van der Waals surface area contributed by atoms with Crippen LogP contribution in [0.15, 0.2) is 22.7 Å². The van der Waals surface area contributed by atoms with Gasteiger partial charge in [0.05, 0.1) is 32.5 Å². The van der Waals surface area contributed by atoms with Crippen LogP contribution in [0.5, 0.6) is 5.75 Å². The fraction of sp³-hybridized carbons (Fsp3) is 0.538. The van der Waals surface area contributed by atoms with Crippen molar-refractivity contribution in [1.82, 2.24) is 25.7 Å². The van der Waals surface area contributed by atoms with Gasteiger partial charge in [-0.2, -0.15) is 4.98 Å². The van der Waals surface area contributed by atoms with E-state index in [4.69, 9.17) is 9.26 Å². The zero-order valence-electron chi connectivity index (χ0n) is 22.7. The van der Waals surface area contributed by atoms with Crippen molar-refractivity contribution in [3.05, 3.63) is 29.6 Å². The Balaban J connectivity index is 2.16. The third-order valence-electron chi connectivity index (χ3n) is 5.79. The number of ketones is 1. The maximum atomic E-state index is 13.1. The Hall–Kier alpha value is -3.80. The molecule has 38 heavy (non-hydrogen) atoms. The number of carboxylic acids is 1. The topological polar surface area (TPSA) is 164 Å². The van der Waals surface area contributed by atoms with Crippen LogP contribution in [0.2, 0.25) is 0 Å². The second-order valence-corrected chi connectivity index (χ2v) is 9.50. The molecule has 1 aromatic heterocycles. The summed E-state index contributed by atoms with van der Waals surface area (Å²) in [5, 5.41) is 18.3. The summed E-state index contributed by atoms with van der Waals surface area (Å²) in [5.74, 6) is -1.82. The highest BCUT2D eigenvalue weighted by atomic mass is 16.5. The predicted octanol–water partition coefficient (Wildman–Crippen LogP) is 1.61. The molecule has 0 unspecified atom stereocenters. The van der Waals surface area contributed by atoms with Crippen molar-refractivity contribution in [2.45, 2.75) is 59.0 Å². The summed E-state index contributed by atoms with van der Waals surface area (Å²) in [5.41, 5.74) is 1.15. The Bertz CT molecular complexity index is 1130. The number of benzene rings is 1. The first-order valence-corrected chi connectivity index (χ1v) is 12.5. The van der Waals surface area contributed by atoms with E-state index in [1.165, 1.54) is 7.11 Å². The molecule has 2 aromatic rings. The molecule has 2 rings (SSSR count). The number of nitrogens with zero attached hydrogens (tertiary/aromatic N) is 3. The lowest BCUT2D eigenvalue weighted by Gasteiger charge is -2.25. The highest BCUT2D eigenvalue weighted by molar-refractivity contribution is 5.95. The number of hydrogen-bond acceptors (Lipinski definition) is 9. The number of carbonyl (C=O) groups excluding carboxylic acids is 3. The highest BCUT2D eigenvalue weighted by Gasteiger charge is 2.30. The largest absolute Gasteiger partial charge is 0.496 e. The summed E-state index contributed by atoms with van der Waals surface area (Å²) in [6.07, 6.45) is 0.159. The lowest BCUT2D eigenvalue weighted by molar-refractivity contribution is -0.141. The van der Waals surface area contributed by atoms with Gasteiger partial charge in [-0.3, -0.25) is 24.1 Å². The zero-order chi connectivity index (χ0) is 28.4. The number of likely N-dealkylation sites (N-methyl/N-ethyl adjacent to an activating group) is 1. The van der Waals surface area contributed by atoms with Gasteiger partial charge in [0.15, 0.2) is 11.6 Å². The number of rotatable bonds is 15. The van der Waals surface area contributed by atoms with E-state index in [1.54, 1.807) is 50.9 Å². The van der Waals surface area contributed by atoms with Crippen molar-refractivity contribution < 1.29 is 33.5 Å². The van der Waals surface area contributed by atoms with Gasteiger partial charge < -0.3 is 25.0 Å². The lowest BCUT2D eigenvalue weighted by atomic mass is 10.0. The normalized spacial score (nSPS) is 12.7. The molecule has 0 aliphatic heterocycles. The molecular formula is C26H37N5O7. The Morgan fingerprint density at radius 1 is 1.18 bits per heavy atom. The fourth-order valence-corrected chi connectivity index (χ4v) is 3.91. The monoisotopic (exact) mass is 531 g/mol. The third kappa shape index (κ3) is 8.94. The first-order valence-electron chi connectivity index (χ1n) is 12.5. The summed E-state index contributed by atoms with van der Waals surface area (Å²) < 4.78 is 10.6. The Morgan fingerprint density at radius 3 is 2.45 bits per heavy atom. The Labute approximate surface area is 222 Å². The summed E-state index contributed by atoms with van der Waals surface area (Å²) >= 11 is 0. The molecule has 2 atom stereocenters. The molecule has 12 nitrogen and oxygen atoms in total. The number of Topliss-reactive ketones (excluding diaryl/α,β-unsaturated/α-hetero) is 1. The zero-order valence-corrected chi connectivity index (χ0v) is 22.7. The van der Waals surface area contributed by atoms with Crippen LogP contribution in [0.3, 0.4) is 0 Å². The van der Waals surface area contributed by atoms with Gasteiger partial charge in [0.25, 0.3) is 5.89 Å². The Kier molecular flexibility index (Phi) is 11.4. The lowest BCUT2D eigenvalue weighted by Crippen LogP contribution is -2.55. The molecule has 0 saturated heterocycles. The summed E-state index contributed by atoms with van der Waals surface area (Å²) in [4.78, 5) is 56.2. The van der Waals surface area contributed by atoms with Crippen molar-refractivity contribution in [2.24, 2.45) is 5.92 Å². The van der Waals surface area contributed by atoms with Crippen LogP contribution in [0.4, 0.5) is 0 Å². The van der Waals surface area contributed by atoms with Gasteiger partial charge >= 0.3 is 5.97 Å². The number of hydrogen-bond donors (Lipinski definition) is 3. The van der Waals surface area contributed by atoms with E-state index in [0.717, 1.165) is 6.42 Å². The quantitative estimate of drug-likeness (QED) is 0.307. The standard InChI is InChI=1S/C26H37N5O7/c1-7-10-31(5)14-20(32)19(13-23(34)35)28-25(36)24(15(2)3)29-22(33)12-18-11-17(8-9-21(18)37-6)26-27-16(4)30-38-26/h8-9,11,15,19,24H,7,10,12-14H2,1-6H3,(H,28,36)(H,29,33)(H,34,35)/t19-,24-/m0/s1. The molecular weight excluding hydrogens is 494 g/mol. The number of amides is 2. The van der Waals surface area contributed by atoms with Gasteiger partial charge in [0.2, 0.25) is 11.8 Å². The number of nitrogens with one attached hydrogen (secondary N) is 2. The van der Waals surface area contributed by atoms with Crippen molar-refractivity contribution in [3.63, 3.8) is 0 Å². The molecule has 0 aliphatic rings. The Morgan fingerprint density at radius 2 is 1.89 bits per heavy atom. The van der Waals surface area contributed by atoms with E-state index < -0.39 is 42.1 Å². The van der Waals surface area contributed by atoms with E-state index in [1.807, 2.05) is 6.92 Å². The number of carbonyl (C=O) groups is 4. The first-order chi connectivity index (χ1) is 17.9. The van der Waals surface area contributed by atoms with Crippen molar-refractivity contribution in [1.29, 1.82) is 0 Å². The van der Waals surface area contributed by atoms with E-state index in [9.17, 15) is 24.3 Å². The smallest absolute Gasteiger partial charge is 0.305 e. The van der Waals surface area contributed by atoms with Crippen LogP contribution >= 0.6 is 0 Å². The van der Waals surface area contributed by atoms with Crippen LogP contribution in [0.25, 0.3) is 11.5 Å². The van der Waals surface area contributed by atoms with Crippen LogP contribution in [0.1, 0.15) is 45.0 Å².